The number of halogens is 1. The van der Waals surface area contributed by atoms with Gasteiger partial charge in [-0.3, -0.25) is 4.79 Å². The topological polar surface area (TPSA) is 61.4 Å². The van der Waals surface area contributed by atoms with Crippen LogP contribution in [0.2, 0.25) is 0 Å². The van der Waals surface area contributed by atoms with Gasteiger partial charge >= 0.3 is 0 Å². The first-order valence-corrected chi connectivity index (χ1v) is 6.32. The Kier molecular flexibility index (Phi) is 8.56. The fourth-order valence-electron chi connectivity index (χ4n) is 2.17. The van der Waals surface area contributed by atoms with Crippen LogP contribution in [0.1, 0.15) is 39.5 Å². The highest BCUT2D eigenvalue weighted by atomic mass is 35.5. The average molecular weight is 265 g/mol. The van der Waals surface area contributed by atoms with E-state index in [1.54, 1.807) is 0 Å². The standard InChI is InChI=1S/C12H24N2O2.ClH/c1-3-4-11(15)8-14-12(16)10-5-6-13-9(2)7-10;/h9-11,13,15H,3-8H2,1-2H3,(H,14,16);1H/t9-,10-,11?;/m0./s1. The van der Waals surface area contributed by atoms with Crippen LogP contribution in [0, 0.1) is 5.92 Å². The molecule has 1 fully saturated rings. The first-order valence-electron chi connectivity index (χ1n) is 6.32. The molecule has 1 saturated heterocycles. The molecule has 1 rings (SSSR count). The molecule has 0 aliphatic carbocycles. The predicted molar refractivity (Wildman–Crippen MR) is 71.4 cm³/mol. The van der Waals surface area contributed by atoms with Crippen molar-refractivity contribution < 1.29 is 9.90 Å². The third-order valence-corrected chi connectivity index (χ3v) is 3.13. The maximum atomic E-state index is 11.8. The Balaban J connectivity index is 0.00000256. The lowest BCUT2D eigenvalue weighted by Crippen LogP contribution is -2.44. The number of aliphatic hydroxyl groups excluding tert-OH is 1. The van der Waals surface area contributed by atoms with Crippen molar-refractivity contribution in [3.8, 4) is 0 Å². The summed E-state index contributed by atoms with van der Waals surface area (Å²) in [5, 5.41) is 15.7. The van der Waals surface area contributed by atoms with Gasteiger partial charge < -0.3 is 15.7 Å². The third-order valence-electron chi connectivity index (χ3n) is 3.13. The van der Waals surface area contributed by atoms with E-state index < -0.39 is 6.10 Å². The first-order chi connectivity index (χ1) is 7.63. The second-order valence-electron chi connectivity index (χ2n) is 4.76. The molecule has 0 saturated carbocycles. The molecule has 0 aromatic carbocycles. The van der Waals surface area contributed by atoms with Gasteiger partial charge in [0.15, 0.2) is 0 Å². The van der Waals surface area contributed by atoms with Gasteiger partial charge in [-0.1, -0.05) is 13.3 Å². The van der Waals surface area contributed by atoms with Crippen LogP contribution in [-0.2, 0) is 4.79 Å². The van der Waals surface area contributed by atoms with E-state index in [1.165, 1.54) is 0 Å². The second-order valence-corrected chi connectivity index (χ2v) is 4.76. The molecule has 4 nitrogen and oxygen atoms in total. The molecule has 1 aliphatic rings. The number of piperidine rings is 1. The molecular formula is C12H25ClN2O2. The molecule has 1 aliphatic heterocycles. The summed E-state index contributed by atoms with van der Waals surface area (Å²) >= 11 is 0. The maximum Gasteiger partial charge on any atom is 0.223 e. The Morgan fingerprint density at radius 1 is 1.59 bits per heavy atom. The van der Waals surface area contributed by atoms with Crippen LogP contribution in [0.25, 0.3) is 0 Å². The summed E-state index contributed by atoms with van der Waals surface area (Å²) in [5.74, 6) is 0.216. The van der Waals surface area contributed by atoms with Gasteiger partial charge in [0, 0.05) is 18.5 Å². The number of amides is 1. The summed E-state index contributed by atoms with van der Waals surface area (Å²) in [5.41, 5.74) is 0. The van der Waals surface area contributed by atoms with E-state index >= 15 is 0 Å². The van der Waals surface area contributed by atoms with Crippen LogP contribution in [0.3, 0.4) is 0 Å². The fourth-order valence-corrected chi connectivity index (χ4v) is 2.17. The average Bonchev–Trinajstić information content (AvgIpc) is 2.26. The molecule has 1 unspecified atom stereocenters. The normalized spacial score (nSPS) is 25.8. The van der Waals surface area contributed by atoms with Crippen molar-refractivity contribution >= 4 is 18.3 Å². The molecule has 3 N–H and O–H groups in total. The van der Waals surface area contributed by atoms with Gasteiger partial charge in [-0.25, -0.2) is 0 Å². The number of aliphatic hydroxyl groups is 1. The van der Waals surface area contributed by atoms with E-state index in [1.807, 2.05) is 6.92 Å². The number of nitrogens with one attached hydrogen (secondary N) is 2. The summed E-state index contributed by atoms with van der Waals surface area (Å²) in [6, 6.07) is 0.421. The Morgan fingerprint density at radius 3 is 2.88 bits per heavy atom. The van der Waals surface area contributed by atoms with Crippen molar-refractivity contribution in [2.45, 2.75) is 51.7 Å². The smallest absolute Gasteiger partial charge is 0.223 e. The van der Waals surface area contributed by atoms with Crippen LogP contribution < -0.4 is 10.6 Å². The van der Waals surface area contributed by atoms with Crippen LogP contribution in [0.4, 0.5) is 0 Å². The highest BCUT2D eigenvalue weighted by Crippen LogP contribution is 2.15. The molecule has 0 spiro atoms. The van der Waals surface area contributed by atoms with E-state index in [-0.39, 0.29) is 24.2 Å². The maximum absolute atomic E-state index is 11.8. The lowest BCUT2D eigenvalue weighted by molar-refractivity contribution is -0.126. The van der Waals surface area contributed by atoms with E-state index in [9.17, 15) is 9.90 Å². The summed E-state index contributed by atoms with van der Waals surface area (Å²) in [4.78, 5) is 11.8. The molecule has 5 heteroatoms. The zero-order valence-electron chi connectivity index (χ0n) is 10.7. The predicted octanol–water partition coefficient (Wildman–Crippen LogP) is 1.07. The van der Waals surface area contributed by atoms with Gasteiger partial charge in [0.2, 0.25) is 5.91 Å². The summed E-state index contributed by atoms with van der Waals surface area (Å²) in [6.45, 7) is 5.44. The van der Waals surface area contributed by atoms with Gasteiger partial charge in [-0.15, -0.1) is 12.4 Å². The van der Waals surface area contributed by atoms with Crippen molar-refractivity contribution in [3.63, 3.8) is 0 Å². The summed E-state index contributed by atoms with van der Waals surface area (Å²) in [7, 11) is 0. The largest absolute Gasteiger partial charge is 0.391 e. The number of carbonyl (C=O) groups is 1. The highest BCUT2D eigenvalue weighted by Gasteiger charge is 2.24. The number of hydrogen-bond acceptors (Lipinski definition) is 3. The van der Waals surface area contributed by atoms with Crippen molar-refractivity contribution in [2.24, 2.45) is 5.92 Å². The van der Waals surface area contributed by atoms with Gasteiger partial charge in [0.1, 0.15) is 0 Å². The molecule has 0 aromatic heterocycles. The molecule has 0 radical (unpaired) electrons. The Hall–Kier alpha value is -0.320. The van der Waals surface area contributed by atoms with Crippen molar-refractivity contribution in [1.82, 2.24) is 10.6 Å². The van der Waals surface area contributed by atoms with E-state index in [0.717, 1.165) is 32.2 Å². The molecule has 3 atom stereocenters. The first kappa shape index (κ1) is 16.7. The molecule has 1 amide bonds. The number of rotatable bonds is 5. The molecular weight excluding hydrogens is 240 g/mol. The third kappa shape index (κ3) is 6.24. The fraction of sp³-hybridized carbons (Fsp3) is 0.917. The summed E-state index contributed by atoms with van der Waals surface area (Å²) in [6.07, 6.45) is 3.10. The number of carbonyl (C=O) groups excluding carboxylic acids is 1. The van der Waals surface area contributed by atoms with Crippen LogP contribution in [0.5, 0.6) is 0 Å². The molecule has 17 heavy (non-hydrogen) atoms. The van der Waals surface area contributed by atoms with E-state index in [2.05, 4.69) is 17.6 Å². The van der Waals surface area contributed by atoms with Crippen molar-refractivity contribution in [3.05, 3.63) is 0 Å². The second kappa shape index (κ2) is 8.72. The van der Waals surface area contributed by atoms with Crippen LogP contribution >= 0.6 is 12.4 Å². The van der Waals surface area contributed by atoms with Crippen LogP contribution in [0.15, 0.2) is 0 Å². The lowest BCUT2D eigenvalue weighted by atomic mass is 9.92. The molecule has 102 valence electrons. The number of hydrogen-bond donors (Lipinski definition) is 3. The van der Waals surface area contributed by atoms with Crippen molar-refractivity contribution in [1.29, 1.82) is 0 Å². The van der Waals surface area contributed by atoms with Gasteiger partial charge in [0.05, 0.1) is 6.10 Å². The minimum atomic E-state index is -0.395. The Bertz CT molecular complexity index is 227. The molecule has 0 aromatic rings. The minimum Gasteiger partial charge on any atom is -0.391 e. The van der Waals surface area contributed by atoms with Crippen molar-refractivity contribution in [2.75, 3.05) is 13.1 Å². The quantitative estimate of drug-likeness (QED) is 0.696. The monoisotopic (exact) mass is 264 g/mol. The molecule has 0 bridgehead atoms. The minimum absolute atomic E-state index is 0. The SMILES string of the molecule is CCCC(O)CNC(=O)[C@H]1CCN[C@@H](C)C1.Cl. The van der Waals surface area contributed by atoms with Gasteiger partial charge in [0.25, 0.3) is 0 Å². The Labute approximate surface area is 110 Å². The molecule has 1 heterocycles. The highest BCUT2D eigenvalue weighted by molar-refractivity contribution is 5.85. The zero-order chi connectivity index (χ0) is 12.0. The van der Waals surface area contributed by atoms with Gasteiger partial charge in [-0.05, 0) is 32.7 Å². The van der Waals surface area contributed by atoms with Crippen LogP contribution in [-0.4, -0.2) is 36.2 Å². The van der Waals surface area contributed by atoms with E-state index in [4.69, 9.17) is 0 Å². The lowest BCUT2D eigenvalue weighted by Gasteiger charge is -2.27. The Morgan fingerprint density at radius 2 is 2.29 bits per heavy atom. The zero-order valence-corrected chi connectivity index (χ0v) is 11.6. The van der Waals surface area contributed by atoms with E-state index in [0.29, 0.717) is 12.6 Å². The summed E-state index contributed by atoms with van der Waals surface area (Å²) < 4.78 is 0. The van der Waals surface area contributed by atoms with Gasteiger partial charge in [-0.2, -0.15) is 0 Å².